The van der Waals surface area contributed by atoms with Crippen LogP contribution in [-0.2, 0) is 4.79 Å². The van der Waals surface area contributed by atoms with Gasteiger partial charge in [-0.15, -0.1) is 0 Å². The molecule has 1 aliphatic carbocycles. The summed E-state index contributed by atoms with van der Waals surface area (Å²) in [5.74, 6) is 1.14. The highest BCUT2D eigenvalue weighted by Crippen LogP contribution is 2.37. The summed E-state index contributed by atoms with van der Waals surface area (Å²) in [5, 5.41) is 0. The van der Waals surface area contributed by atoms with Gasteiger partial charge in [0.1, 0.15) is 0 Å². The Kier molecular flexibility index (Phi) is 6.39. The molecule has 148 valence electrons. The molecule has 2 atom stereocenters. The van der Waals surface area contributed by atoms with E-state index in [1.54, 1.807) is 0 Å². The highest BCUT2D eigenvalue weighted by molar-refractivity contribution is 5.79. The van der Waals surface area contributed by atoms with Crippen molar-refractivity contribution >= 4 is 11.5 Å². The van der Waals surface area contributed by atoms with Crippen molar-refractivity contribution < 1.29 is 4.79 Å². The van der Waals surface area contributed by atoms with Crippen molar-refractivity contribution in [1.29, 1.82) is 0 Å². The molecule has 28 heavy (non-hydrogen) atoms. The minimum atomic E-state index is -0.398. The summed E-state index contributed by atoms with van der Waals surface area (Å²) in [4.78, 5) is 11.5. The Balaban J connectivity index is 1.58. The summed E-state index contributed by atoms with van der Waals surface area (Å²) in [6, 6.07) is 19.5. The van der Waals surface area contributed by atoms with Crippen LogP contribution in [0.5, 0.6) is 0 Å². The summed E-state index contributed by atoms with van der Waals surface area (Å²) in [7, 11) is 0. The zero-order chi connectivity index (χ0) is 20.1. The molecule has 0 fully saturated rings. The predicted molar refractivity (Wildman–Crippen MR) is 119 cm³/mol. The Morgan fingerprint density at radius 1 is 1.04 bits per heavy atom. The van der Waals surface area contributed by atoms with Crippen molar-refractivity contribution in [3.05, 3.63) is 66.2 Å². The number of carbonyl (C=O) groups is 1. The molecule has 0 aromatic heterocycles. The summed E-state index contributed by atoms with van der Waals surface area (Å²) < 4.78 is 0. The van der Waals surface area contributed by atoms with Gasteiger partial charge in [-0.05, 0) is 66.2 Å². The maximum atomic E-state index is 11.5. The van der Waals surface area contributed by atoms with E-state index < -0.39 is 5.41 Å². The Morgan fingerprint density at radius 3 is 2.21 bits per heavy atom. The standard InChI is InChI=1S/C26H33NO/c1-19(17-18-26(2,3)25(27)28)20-9-11-23(12-10-20)24-15-13-22(14-16-24)21-7-5-4-6-8-21/h4-8,11,13-16,19-20H,9-10,12,17-18H2,1-3H3,(H2,27,28). The van der Waals surface area contributed by atoms with Crippen LogP contribution in [0.25, 0.3) is 16.7 Å². The highest BCUT2D eigenvalue weighted by Gasteiger charge is 2.28. The Hall–Kier alpha value is -2.35. The van der Waals surface area contributed by atoms with Crippen LogP contribution in [0.1, 0.15) is 58.4 Å². The van der Waals surface area contributed by atoms with E-state index in [-0.39, 0.29) is 5.91 Å². The highest BCUT2D eigenvalue weighted by atomic mass is 16.1. The van der Waals surface area contributed by atoms with Crippen molar-refractivity contribution in [3.8, 4) is 11.1 Å². The molecule has 3 rings (SSSR count). The second-order valence-corrected chi connectivity index (χ2v) is 8.97. The van der Waals surface area contributed by atoms with Gasteiger partial charge in [0.05, 0.1) is 0 Å². The van der Waals surface area contributed by atoms with Crippen LogP contribution in [0.4, 0.5) is 0 Å². The molecule has 0 aliphatic heterocycles. The topological polar surface area (TPSA) is 43.1 Å². The van der Waals surface area contributed by atoms with Crippen LogP contribution in [0, 0.1) is 17.3 Å². The van der Waals surface area contributed by atoms with Gasteiger partial charge >= 0.3 is 0 Å². The summed E-state index contributed by atoms with van der Waals surface area (Å²) in [6.07, 6.45) is 7.87. The molecule has 1 aliphatic rings. The van der Waals surface area contributed by atoms with E-state index in [0.717, 1.165) is 25.7 Å². The average Bonchev–Trinajstić information content (AvgIpc) is 2.73. The molecule has 2 nitrogen and oxygen atoms in total. The number of carbonyl (C=O) groups excluding carboxylic acids is 1. The fourth-order valence-electron chi connectivity index (χ4n) is 4.09. The molecular weight excluding hydrogens is 342 g/mol. The molecule has 0 saturated heterocycles. The quantitative estimate of drug-likeness (QED) is 0.592. The van der Waals surface area contributed by atoms with E-state index in [1.165, 1.54) is 28.7 Å². The SMILES string of the molecule is CC(CCC(C)(C)C(N)=O)C1CC=C(c2ccc(-c3ccccc3)cc2)CC1. The second kappa shape index (κ2) is 8.77. The molecule has 0 radical (unpaired) electrons. The number of primary amides is 1. The largest absolute Gasteiger partial charge is 0.369 e. The van der Waals surface area contributed by atoms with Crippen LogP contribution < -0.4 is 5.73 Å². The van der Waals surface area contributed by atoms with Gasteiger partial charge in [0, 0.05) is 5.41 Å². The first kappa shape index (κ1) is 20.4. The number of hydrogen-bond donors (Lipinski definition) is 1. The van der Waals surface area contributed by atoms with Crippen molar-refractivity contribution in [2.75, 3.05) is 0 Å². The monoisotopic (exact) mass is 375 g/mol. The van der Waals surface area contributed by atoms with Gasteiger partial charge in [-0.1, -0.05) is 81.4 Å². The lowest BCUT2D eigenvalue weighted by atomic mass is 9.75. The lowest BCUT2D eigenvalue weighted by Gasteiger charge is -2.30. The van der Waals surface area contributed by atoms with E-state index in [0.29, 0.717) is 11.8 Å². The summed E-state index contributed by atoms with van der Waals surface area (Å²) in [6.45, 7) is 6.25. The fraction of sp³-hybridized carbons (Fsp3) is 0.423. The molecule has 0 saturated carbocycles. The summed E-state index contributed by atoms with van der Waals surface area (Å²) >= 11 is 0. The second-order valence-electron chi connectivity index (χ2n) is 8.97. The van der Waals surface area contributed by atoms with Crippen molar-refractivity contribution in [2.45, 2.75) is 52.9 Å². The van der Waals surface area contributed by atoms with Crippen LogP contribution in [0.2, 0.25) is 0 Å². The Labute approximate surface area is 169 Å². The smallest absolute Gasteiger partial charge is 0.223 e. The maximum Gasteiger partial charge on any atom is 0.223 e. The molecule has 1 amide bonds. The number of nitrogens with two attached hydrogens (primary N) is 1. The number of amides is 1. The lowest BCUT2D eigenvalue weighted by molar-refractivity contribution is -0.126. The lowest BCUT2D eigenvalue weighted by Crippen LogP contribution is -2.32. The Morgan fingerprint density at radius 2 is 1.64 bits per heavy atom. The normalized spacial score (nSPS) is 18.4. The first-order chi connectivity index (χ1) is 13.4. The van der Waals surface area contributed by atoms with E-state index in [9.17, 15) is 4.79 Å². The first-order valence-electron chi connectivity index (χ1n) is 10.5. The molecule has 0 bridgehead atoms. The van der Waals surface area contributed by atoms with E-state index >= 15 is 0 Å². The van der Waals surface area contributed by atoms with Crippen LogP contribution >= 0.6 is 0 Å². The molecule has 2 N–H and O–H groups in total. The molecular formula is C26H33NO. The molecule has 0 heterocycles. The molecule has 2 unspecified atom stereocenters. The van der Waals surface area contributed by atoms with Gasteiger partial charge in [0.15, 0.2) is 0 Å². The van der Waals surface area contributed by atoms with Gasteiger partial charge in [0.25, 0.3) is 0 Å². The predicted octanol–water partition coefficient (Wildman–Crippen LogP) is 6.46. The Bertz CT molecular complexity index is 817. The van der Waals surface area contributed by atoms with Crippen LogP contribution in [0.3, 0.4) is 0 Å². The van der Waals surface area contributed by atoms with Gasteiger partial charge in [-0.3, -0.25) is 4.79 Å². The van der Waals surface area contributed by atoms with Crippen molar-refractivity contribution in [2.24, 2.45) is 23.0 Å². The number of benzene rings is 2. The van der Waals surface area contributed by atoms with Gasteiger partial charge in [-0.2, -0.15) is 0 Å². The minimum Gasteiger partial charge on any atom is -0.369 e. The molecule has 2 aromatic carbocycles. The van der Waals surface area contributed by atoms with E-state index in [1.807, 2.05) is 13.8 Å². The van der Waals surface area contributed by atoms with E-state index in [4.69, 9.17) is 5.73 Å². The third-order valence-electron chi connectivity index (χ3n) is 6.51. The first-order valence-corrected chi connectivity index (χ1v) is 10.5. The number of hydrogen-bond acceptors (Lipinski definition) is 1. The van der Waals surface area contributed by atoms with Gasteiger partial charge < -0.3 is 5.73 Å². The third kappa shape index (κ3) is 4.92. The zero-order valence-electron chi connectivity index (χ0n) is 17.4. The maximum absolute atomic E-state index is 11.5. The van der Waals surface area contributed by atoms with Gasteiger partial charge in [0.2, 0.25) is 5.91 Å². The zero-order valence-corrected chi connectivity index (χ0v) is 17.4. The van der Waals surface area contributed by atoms with Crippen LogP contribution in [-0.4, -0.2) is 5.91 Å². The molecule has 2 aromatic rings. The van der Waals surface area contributed by atoms with Crippen molar-refractivity contribution in [3.63, 3.8) is 0 Å². The average molecular weight is 376 g/mol. The third-order valence-corrected chi connectivity index (χ3v) is 6.51. The molecule has 0 spiro atoms. The van der Waals surface area contributed by atoms with E-state index in [2.05, 4.69) is 67.6 Å². The van der Waals surface area contributed by atoms with Crippen LogP contribution in [0.15, 0.2) is 60.7 Å². The minimum absolute atomic E-state index is 0.190. The number of rotatable bonds is 7. The summed E-state index contributed by atoms with van der Waals surface area (Å²) in [5.41, 5.74) is 10.5. The fourth-order valence-corrected chi connectivity index (χ4v) is 4.09. The van der Waals surface area contributed by atoms with Gasteiger partial charge in [-0.25, -0.2) is 0 Å². The van der Waals surface area contributed by atoms with Crippen molar-refractivity contribution in [1.82, 2.24) is 0 Å². The molecule has 2 heteroatoms. The number of allylic oxidation sites excluding steroid dienone is 2.